The number of hydrogen-bond acceptors (Lipinski definition) is 3. The standard InChI is InChI=1S/C14H16FNO3/c1-3-10(7-17)16-14(18)13-8(2)11-6-9(15)4-5-12(11)19-13/h4-6,10,17H,3,7H2,1-2H3,(H,16,18)/t10-/m1/s1. The molecule has 0 radical (unpaired) electrons. The number of rotatable bonds is 4. The van der Waals surface area contributed by atoms with Gasteiger partial charge in [0.1, 0.15) is 11.4 Å². The molecule has 1 atom stereocenters. The van der Waals surface area contributed by atoms with Crippen LogP contribution in [0.3, 0.4) is 0 Å². The number of hydrogen-bond donors (Lipinski definition) is 2. The van der Waals surface area contributed by atoms with Crippen molar-refractivity contribution in [1.82, 2.24) is 5.32 Å². The molecule has 0 saturated carbocycles. The van der Waals surface area contributed by atoms with Crippen molar-refractivity contribution >= 4 is 16.9 Å². The Kier molecular flexibility index (Phi) is 3.85. The largest absolute Gasteiger partial charge is 0.451 e. The molecular weight excluding hydrogens is 249 g/mol. The van der Waals surface area contributed by atoms with Crippen molar-refractivity contribution in [3.05, 3.63) is 35.3 Å². The molecule has 5 heteroatoms. The molecule has 0 aliphatic rings. The topological polar surface area (TPSA) is 62.5 Å². The molecule has 2 aromatic rings. The summed E-state index contributed by atoms with van der Waals surface area (Å²) < 4.78 is 18.6. The van der Waals surface area contributed by atoms with E-state index in [1.54, 1.807) is 6.92 Å². The smallest absolute Gasteiger partial charge is 0.287 e. The first-order valence-corrected chi connectivity index (χ1v) is 6.17. The van der Waals surface area contributed by atoms with Gasteiger partial charge in [-0.05, 0) is 31.5 Å². The second kappa shape index (κ2) is 5.40. The van der Waals surface area contributed by atoms with Gasteiger partial charge in [0.2, 0.25) is 0 Å². The summed E-state index contributed by atoms with van der Waals surface area (Å²) in [7, 11) is 0. The average Bonchev–Trinajstić information content (AvgIpc) is 2.73. The lowest BCUT2D eigenvalue weighted by molar-refractivity contribution is 0.0888. The number of fused-ring (bicyclic) bond motifs is 1. The number of nitrogens with one attached hydrogen (secondary N) is 1. The molecule has 2 N–H and O–H groups in total. The molecule has 0 spiro atoms. The lowest BCUT2D eigenvalue weighted by Crippen LogP contribution is -2.37. The van der Waals surface area contributed by atoms with E-state index >= 15 is 0 Å². The first kappa shape index (κ1) is 13.5. The molecule has 0 fully saturated rings. The molecule has 1 amide bonds. The zero-order valence-electron chi connectivity index (χ0n) is 10.9. The fourth-order valence-electron chi connectivity index (χ4n) is 1.94. The minimum Gasteiger partial charge on any atom is -0.451 e. The minimum atomic E-state index is -0.394. The van der Waals surface area contributed by atoms with E-state index in [1.165, 1.54) is 18.2 Å². The van der Waals surface area contributed by atoms with Gasteiger partial charge in [0.15, 0.2) is 5.76 Å². The first-order chi connectivity index (χ1) is 9.06. The highest BCUT2D eigenvalue weighted by molar-refractivity contribution is 5.99. The number of furan rings is 1. The van der Waals surface area contributed by atoms with Crippen molar-refractivity contribution in [2.24, 2.45) is 0 Å². The Morgan fingerprint density at radius 2 is 2.26 bits per heavy atom. The number of carbonyl (C=O) groups excluding carboxylic acids is 1. The van der Waals surface area contributed by atoms with Crippen LogP contribution in [0, 0.1) is 12.7 Å². The fourth-order valence-corrected chi connectivity index (χ4v) is 1.94. The first-order valence-electron chi connectivity index (χ1n) is 6.17. The van der Waals surface area contributed by atoms with Gasteiger partial charge in [-0.2, -0.15) is 0 Å². The Morgan fingerprint density at radius 3 is 2.89 bits per heavy atom. The monoisotopic (exact) mass is 265 g/mol. The molecule has 0 aliphatic carbocycles. The van der Waals surface area contributed by atoms with Crippen LogP contribution < -0.4 is 5.32 Å². The fraction of sp³-hybridized carbons (Fsp3) is 0.357. The lowest BCUT2D eigenvalue weighted by Gasteiger charge is -2.12. The van der Waals surface area contributed by atoms with E-state index in [-0.39, 0.29) is 24.2 Å². The van der Waals surface area contributed by atoms with E-state index in [9.17, 15) is 9.18 Å². The molecule has 1 heterocycles. The zero-order chi connectivity index (χ0) is 14.0. The maximum absolute atomic E-state index is 13.2. The number of halogens is 1. The van der Waals surface area contributed by atoms with Crippen LogP contribution in [0.5, 0.6) is 0 Å². The van der Waals surface area contributed by atoms with Gasteiger partial charge in [-0.25, -0.2) is 4.39 Å². The van der Waals surface area contributed by atoms with Crippen LogP contribution in [-0.2, 0) is 0 Å². The Bertz CT molecular complexity index is 602. The van der Waals surface area contributed by atoms with Gasteiger partial charge in [0, 0.05) is 10.9 Å². The second-order valence-electron chi connectivity index (χ2n) is 4.46. The summed E-state index contributed by atoms with van der Waals surface area (Å²) in [4.78, 5) is 12.0. The van der Waals surface area contributed by atoms with Crippen molar-refractivity contribution in [3.8, 4) is 0 Å². The zero-order valence-corrected chi connectivity index (χ0v) is 10.9. The summed E-state index contributed by atoms with van der Waals surface area (Å²) in [6.07, 6.45) is 0.621. The highest BCUT2D eigenvalue weighted by Crippen LogP contribution is 2.25. The Hall–Kier alpha value is -1.88. The predicted octanol–water partition coefficient (Wildman–Crippen LogP) is 2.38. The molecule has 19 heavy (non-hydrogen) atoms. The molecule has 0 saturated heterocycles. The van der Waals surface area contributed by atoms with E-state index in [4.69, 9.17) is 9.52 Å². The normalized spacial score (nSPS) is 12.6. The maximum Gasteiger partial charge on any atom is 0.287 e. The van der Waals surface area contributed by atoms with Crippen molar-refractivity contribution < 1.29 is 18.7 Å². The van der Waals surface area contributed by atoms with Crippen LogP contribution in [0.25, 0.3) is 11.0 Å². The highest BCUT2D eigenvalue weighted by Gasteiger charge is 2.19. The van der Waals surface area contributed by atoms with Crippen molar-refractivity contribution in [3.63, 3.8) is 0 Å². The van der Waals surface area contributed by atoms with Crippen molar-refractivity contribution in [2.75, 3.05) is 6.61 Å². The van der Waals surface area contributed by atoms with Gasteiger partial charge < -0.3 is 14.8 Å². The molecule has 0 bridgehead atoms. The minimum absolute atomic E-state index is 0.129. The second-order valence-corrected chi connectivity index (χ2v) is 4.46. The average molecular weight is 265 g/mol. The third-order valence-electron chi connectivity index (χ3n) is 3.15. The molecule has 102 valence electrons. The van der Waals surface area contributed by atoms with Gasteiger partial charge in [-0.1, -0.05) is 6.92 Å². The predicted molar refractivity (Wildman–Crippen MR) is 69.5 cm³/mol. The summed E-state index contributed by atoms with van der Waals surface area (Å²) in [6.45, 7) is 3.44. The molecule has 1 aromatic heterocycles. The van der Waals surface area contributed by atoms with Gasteiger partial charge in [0.05, 0.1) is 12.6 Å². The number of aliphatic hydroxyl groups excluding tert-OH is 1. The summed E-state index contributed by atoms with van der Waals surface area (Å²) in [5, 5.41) is 12.3. The molecule has 1 aromatic carbocycles. The van der Waals surface area contributed by atoms with Crippen LogP contribution in [0.15, 0.2) is 22.6 Å². The summed E-state index contributed by atoms with van der Waals surface area (Å²) in [6, 6.07) is 3.82. The number of benzene rings is 1. The molecule has 0 unspecified atom stereocenters. The van der Waals surface area contributed by atoms with Crippen LogP contribution >= 0.6 is 0 Å². The van der Waals surface area contributed by atoms with Gasteiger partial charge in [-0.3, -0.25) is 4.79 Å². The van der Waals surface area contributed by atoms with Gasteiger partial charge >= 0.3 is 0 Å². The maximum atomic E-state index is 13.2. The van der Waals surface area contributed by atoms with Crippen molar-refractivity contribution in [2.45, 2.75) is 26.3 Å². The number of aliphatic hydroxyl groups is 1. The number of aryl methyl sites for hydroxylation is 1. The van der Waals surface area contributed by atoms with Crippen LogP contribution in [0.4, 0.5) is 4.39 Å². The van der Waals surface area contributed by atoms with E-state index in [1.807, 2.05) is 6.92 Å². The third-order valence-corrected chi connectivity index (χ3v) is 3.15. The number of amides is 1. The quantitative estimate of drug-likeness (QED) is 0.892. The Labute approximate surface area is 110 Å². The van der Waals surface area contributed by atoms with Gasteiger partial charge in [-0.15, -0.1) is 0 Å². The van der Waals surface area contributed by atoms with Crippen LogP contribution in [-0.4, -0.2) is 23.7 Å². The van der Waals surface area contributed by atoms with E-state index in [0.717, 1.165) is 0 Å². The third kappa shape index (κ3) is 2.61. The molecule has 4 nitrogen and oxygen atoms in total. The van der Waals surface area contributed by atoms with Crippen LogP contribution in [0.1, 0.15) is 29.5 Å². The van der Waals surface area contributed by atoms with Crippen molar-refractivity contribution in [1.29, 1.82) is 0 Å². The molecule has 2 rings (SSSR count). The summed E-state index contributed by atoms with van der Waals surface area (Å²) in [5.41, 5.74) is 1.07. The van der Waals surface area contributed by atoms with Crippen LogP contribution in [0.2, 0.25) is 0 Å². The Balaban J connectivity index is 2.35. The number of carbonyl (C=O) groups is 1. The lowest BCUT2D eigenvalue weighted by atomic mass is 10.1. The summed E-state index contributed by atoms with van der Waals surface area (Å²) >= 11 is 0. The van der Waals surface area contributed by atoms with E-state index < -0.39 is 5.91 Å². The van der Waals surface area contributed by atoms with E-state index in [0.29, 0.717) is 23.0 Å². The molecule has 0 aliphatic heterocycles. The van der Waals surface area contributed by atoms with Gasteiger partial charge in [0.25, 0.3) is 5.91 Å². The van der Waals surface area contributed by atoms with E-state index in [2.05, 4.69) is 5.32 Å². The summed E-state index contributed by atoms with van der Waals surface area (Å²) in [5.74, 6) is -0.604. The molecular formula is C14H16FNO3. The SMILES string of the molecule is CC[C@H](CO)NC(=O)c1oc2ccc(F)cc2c1C. The Morgan fingerprint density at radius 1 is 1.53 bits per heavy atom. The highest BCUT2D eigenvalue weighted by atomic mass is 19.1.